The van der Waals surface area contributed by atoms with Gasteiger partial charge in [-0.25, -0.2) is 0 Å². The number of benzene rings is 2. The summed E-state index contributed by atoms with van der Waals surface area (Å²) in [6, 6.07) is 15.9. The van der Waals surface area contributed by atoms with Crippen molar-refractivity contribution in [3.05, 3.63) is 59.7 Å². The first-order chi connectivity index (χ1) is 12.7. The fraction of sp³-hybridized carbons (Fsp3) is 0.381. The van der Waals surface area contributed by atoms with E-state index in [4.69, 9.17) is 15.2 Å². The third kappa shape index (κ3) is 5.88. The molecule has 1 amide bonds. The highest BCUT2D eigenvalue weighted by Gasteiger charge is 2.27. The van der Waals surface area contributed by atoms with E-state index in [0.29, 0.717) is 24.7 Å². The number of ether oxygens (including phenoxy) is 2. The zero-order chi connectivity index (χ0) is 18.4. The third-order valence-corrected chi connectivity index (χ3v) is 4.78. The van der Waals surface area contributed by atoms with Gasteiger partial charge in [-0.1, -0.05) is 36.4 Å². The van der Waals surface area contributed by atoms with Crippen LogP contribution in [0.4, 0.5) is 0 Å². The van der Waals surface area contributed by atoms with Crippen molar-refractivity contribution < 1.29 is 14.3 Å². The summed E-state index contributed by atoms with van der Waals surface area (Å²) in [5.41, 5.74) is 7.96. The molecule has 0 radical (unpaired) electrons. The second-order valence-electron chi connectivity index (χ2n) is 6.75. The quantitative estimate of drug-likeness (QED) is 0.759. The SMILES string of the molecule is COc1cc(CNC(=O)C2CCC(N)C2)ccc1OCc1ccccc1.Cl. The van der Waals surface area contributed by atoms with Gasteiger partial charge in [0.1, 0.15) is 6.61 Å². The third-order valence-electron chi connectivity index (χ3n) is 4.78. The number of carbonyl (C=O) groups excluding carboxylic acids is 1. The Hall–Kier alpha value is -2.24. The number of methoxy groups -OCH3 is 1. The summed E-state index contributed by atoms with van der Waals surface area (Å²) >= 11 is 0. The lowest BCUT2D eigenvalue weighted by Crippen LogP contribution is -2.30. The van der Waals surface area contributed by atoms with Gasteiger partial charge in [0.15, 0.2) is 11.5 Å². The Kier molecular flexibility index (Phi) is 7.95. The first-order valence-electron chi connectivity index (χ1n) is 9.02. The number of hydrogen-bond acceptors (Lipinski definition) is 4. The van der Waals surface area contributed by atoms with Crippen molar-refractivity contribution in [1.29, 1.82) is 0 Å². The van der Waals surface area contributed by atoms with Crippen molar-refractivity contribution in [3.63, 3.8) is 0 Å². The van der Waals surface area contributed by atoms with E-state index in [0.717, 1.165) is 30.4 Å². The van der Waals surface area contributed by atoms with E-state index in [1.165, 1.54) is 0 Å². The van der Waals surface area contributed by atoms with Crippen LogP contribution in [-0.4, -0.2) is 19.1 Å². The molecule has 3 N–H and O–H groups in total. The van der Waals surface area contributed by atoms with Crippen LogP contribution in [0.3, 0.4) is 0 Å². The molecule has 3 rings (SSSR count). The van der Waals surface area contributed by atoms with Gasteiger partial charge in [-0.2, -0.15) is 0 Å². The van der Waals surface area contributed by atoms with Crippen LogP contribution in [0, 0.1) is 5.92 Å². The maximum atomic E-state index is 12.2. The summed E-state index contributed by atoms with van der Waals surface area (Å²) in [5, 5.41) is 3.00. The van der Waals surface area contributed by atoms with Crippen LogP contribution >= 0.6 is 12.4 Å². The minimum Gasteiger partial charge on any atom is -0.493 e. The smallest absolute Gasteiger partial charge is 0.223 e. The maximum absolute atomic E-state index is 12.2. The molecule has 2 unspecified atom stereocenters. The fourth-order valence-electron chi connectivity index (χ4n) is 3.26. The first kappa shape index (κ1) is 21.1. The largest absolute Gasteiger partial charge is 0.493 e. The van der Waals surface area contributed by atoms with E-state index < -0.39 is 0 Å². The predicted octanol–water partition coefficient (Wildman–Crippen LogP) is 3.44. The van der Waals surface area contributed by atoms with Crippen molar-refractivity contribution in [2.24, 2.45) is 11.7 Å². The number of hydrogen-bond donors (Lipinski definition) is 2. The van der Waals surface area contributed by atoms with Gasteiger partial charge >= 0.3 is 0 Å². The van der Waals surface area contributed by atoms with Crippen LogP contribution in [0.1, 0.15) is 30.4 Å². The Morgan fingerprint density at radius 2 is 1.89 bits per heavy atom. The number of amides is 1. The zero-order valence-corrected chi connectivity index (χ0v) is 16.3. The minimum atomic E-state index is 0. The highest BCUT2D eigenvalue weighted by molar-refractivity contribution is 5.85. The van der Waals surface area contributed by atoms with Gasteiger partial charge in [-0.3, -0.25) is 4.79 Å². The van der Waals surface area contributed by atoms with Crippen molar-refractivity contribution in [2.45, 2.75) is 38.5 Å². The Morgan fingerprint density at radius 1 is 1.11 bits per heavy atom. The summed E-state index contributed by atoms with van der Waals surface area (Å²) in [6.07, 6.45) is 2.59. The van der Waals surface area contributed by atoms with E-state index in [-0.39, 0.29) is 30.3 Å². The van der Waals surface area contributed by atoms with Gasteiger partial charge in [0.05, 0.1) is 7.11 Å². The van der Waals surface area contributed by atoms with Gasteiger partial charge in [-0.15, -0.1) is 12.4 Å². The number of carbonyl (C=O) groups is 1. The van der Waals surface area contributed by atoms with E-state index >= 15 is 0 Å². The molecule has 0 aliphatic heterocycles. The molecular formula is C21H27ClN2O3. The molecule has 0 saturated heterocycles. The topological polar surface area (TPSA) is 73.6 Å². The normalized spacial score (nSPS) is 18.4. The van der Waals surface area contributed by atoms with Crippen LogP contribution in [0.2, 0.25) is 0 Å². The van der Waals surface area contributed by atoms with Crippen LogP contribution in [0.5, 0.6) is 11.5 Å². The lowest BCUT2D eigenvalue weighted by Gasteiger charge is -2.14. The van der Waals surface area contributed by atoms with Crippen LogP contribution in [-0.2, 0) is 17.9 Å². The first-order valence-corrected chi connectivity index (χ1v) is 9.02. The molecule has 0 bridgehead atoms. The molecule has 6 heteroatoms. The lowest BCUT2D eigenvalue weighted by molar-refractivity contribution is -0.125. The Balaban J connectivity index is 0.00000261. The molecule has 2 atom stereocenters. The molecular weight excluding hydrogens is 364 g/mol. The molecule has 27 heavy (non-hydrogen) atoms. The van der Waals surface area contributed by atoms with E-state index in [9.17, 15) is 4.79 Å². The molecule has 146 valence electrons. The van der Waals surface area contributed by atoms with Crippen molar-refractivity contribution in [3.8, 4) is 11.5 Å². The highest BCUT2D eigenvalue weighted by Crippen LogP contribution is 2.29. The molecule has 2 aromatic rings. The van der Waals surface area contributed by atoms with Gasteiger partial charge in [0.25, 0.3) is 0 Å². The molecule has 1 aliphatic rings. The van der Waals surface area contributed by atoms with Crippen molar-refractivity contribution in [2.75, 3.05) is 7.11 Å². The second kappa shape index (κ2) is 10.2. The van der Waals surface area contributed by atoms with Gasteiger partial charge < -0.3 is 20.5 Å². The van der Waals surface area contributed by atoms with Crippen LogP contribution in [0.25, 0.3) is 0 Å². The summed E-state index contributed by atoms with van der Waals surface area (Å²) in [5.74, 6) is 1.48. The summed E-state index contributed by atoms with van der Waals surface area (Å²) < 4.78 is 11.3. The highest BCUT2D eigenvalue weighted by atomic mass is 35.5. The van der Waals surface area contributed by atoms with Crippen molar-refractivity contribution in [1.82, 2.24) is 5.32 Å². The van der Waals surface area contributed by atoms with Gasteiger partial charge in [0.2, 0.25) is 5.91 Å². The molecule has 0 spiro atoms. The van der Waals surface area contributed by atoms with E-state index in [1.807, 2.05) is 48.5 Å². The number of nitrogens with two attached hydrogens (primary N) is 1. The standard InChI is InChI=1S/C21H26N2O3.ClH/c1-25-20-11-16(13-23-21(24)17-8-9-18(22)12-17)7-10-19(20)26-14-15-5-3-2-4-6-15;/h2-7,10-11,17-18H,8-9,12-14,22H2,1H3,(H,23,24);1H. The zero-order valence-electron chi connectivity index (χ0n) is 15.5. The molecule has 5 nitrogen and oxygen atoms in total. The molecule has 0 aromatic heterocycles. The summed E-state index contributed by atoms with van der Waals surface area (Å²) in [4.78, 5) is 12.2. The Bertz CT molecular complexity index is 739. The van der Waals surface area contributed by atoms with Crippen LogP contribution < -0.4 is 20.5 Å². The van der Waals surface area contributed by atoms with Gasteiger partial charge in [0, 0.05) is 18.5 Å². The molecule has 1 saturated carbocycles. The van der Waals surface area contributed by atoms with E-state index in [1.54, 1.807) is 7.11 Å². The maximum Gasteiger partial charge on any atom is 0.223 e. The molecule has 1 aliphatic carbocycles. The fourth-order valence-corrected chi connectivity index (χ4v) is 3.26. The predicted molar refractivity (Wildman–Crippen MR) is 108 cm³/mol. The van der Waals surface area contributed by atoms with E-state index in [2.05, 4.69) is 5.32 Å². The molecule has 2 aromatic carbocycles. The average molecular weight is 391 g/mol. The van der Waals surface area contributed by atoms with Crippen molar-refractivity contribution >= 4 is 18.3 Å². The number of halogens is 1. The molecule has 0 heterocycles. The van der Waals surface area contributed by atoms with Gasteiger partial charge in [-0.05, 0) is 42.5 Å². The monoisotopic (exact) mass is 390 g/mol. The lowest BCUT2D eigenvalue weighted by atomic mass is 10.1. The average Bonchev–Trinajstić information content (AvgIpc) is 3.12. The second-order valence-corrected chi connectivity index (χ2v) is 6.75. The Labute approximate surface area is 166 Å². The number of nitrogens with one attached hydrogen (secondary N) is 1. The Morgan fingerprint density at radius 3 is 2.56 bits per heavy atom. The summed E-state index contributed by atoms with van der Waals surface area (Å²) in [6.45, 7) is 0.953. The number of rotatable bonds is 7. The minimum absolute atomic E-state index is 0. The molecule has 1 fully saturated rings. The van der Waals surface area contributed by atoms with Crippen LogP contribution in [0.15, 0.2) is 48.5 Å². The summed E-state index contributed by atoms with van der Waals surface area (Å²) in [7, 11) is 1.62.